The number of hydrogen-bond donors (Lipinski definition) is 1. The van der Waals surface area contributed by atoms with Crippen molar-refractivity contribution in [3.63, 3.8) is 0 Å². The van der Waals surface area contributed by atoms with E-state index < -0.39 is 6.10 Å². The minimum absolute atomic E-state index is 0.504. The van der Waals surface area contributed by atoms with E-state index in [9.17, 15) is 5.11 Å². The van der Waals surface area contributed by atoms with Crippen LogP contribution >= 0.6 is 39.1 Å². The fourth-order valence-corrected chi connectivity index (χ4v) is 2.83. The fraction of sp³-hybridized carbons (Fsp3) is 0.250. The Morgan fingerprint density at radius 1 is 1.10 bits per heavy atom. The molecule has 0 saturated carbocycles. The molecule has 2 rings (SSSR count). The summed E-state index contributed by atoms with van der Waals surface area (Å²) in [5.41, 5.74) is 1.96. The number of rotatable bonds is 5. The maximum Gasteiger partial charge on any atom is 0.119 e. The van der Waals surface area contributed by atoms with Gasteiger partial charge in [0.2, 0.25) is 0 Å². The Bertz CT molecular complexity index is 632. The summed E-state index contributed by atoms with van der Waals surface area (Å²) in [6.07, 6.45) is 0.532. The van der Waals surface area contributed by atoms with Crippen molar-refractivity contribution < 1.29 is 9.84 Å². The van der Waals surface area contributed by atoms with Gasteiger partial charge in [-0.1, -0.05) is 45.2 Å². The molecule has 0 aliphatic rings. The lowest BCUT2D eigenvalue weighted by Gasteiger charge is -2.13. The van der Waals surface area contributed by atoms with Gasteiger partial charge in [-0.05, 0) is 54.3 Å². The van der Waals surface area contributed by atoms with Crippen molar-refractivity contribution >= 4 is 39.1 Å². The maximum atomic E-state index is 10.3. The summed E-state index contributed by atoms with van der Waals surface area (Å²) in [5, 5.41) is 11.3. The predicted octanol–water partition coefficient (Wildman–Crippen LogP) is 4.91. The minimum Gasteiger partial charge on any atom is -0.497 e. The van der Waals surface area contributed by atoms with E-state index in [2.05, 4.69) is 15.9 Å². The van der Waals surface area contributed by atoms with Gasteiger partial charge in [-0.2, -0.15) is 0 Å². The van der Waals surface area contributed by atoms with Gasteiger partial charge in [0.05, 0.1) is 23.3 Å². The molecule has 21 heavy (non-hydrogen) atoms. The molecule has 0 heterocycles. The van der Waals surface area contributed by atoms with Crippen molar-refractivity contribution in [3.8, 4) is 5.75 Å². The standard InChI is InChI=1S/C16H15BrCl2O2/c1-21-13-3-4-14(17)11(9-13)8-12(20)6-10-2-5-15(18)16(19)7-10/h2-5,7,9,12,20H,6,8H2,1H3. The first kappa shape index (κ1) is 16.6. The van der Waals surface area contributed by atoms with Crippen LogP contribution in [0, 0.1) is 0 Å². The lowest BCUT2D eigenvalue weighted by atomic mass is 10.0. The number of benzene rings is 2. The summed E-state index contributed by atoms with van der Waals surface area (Å²) in [6.45, 7) is 0. The quantitative estimate of drug-likeness (QED) is 0.787. The molecule has 5 heteroatoms. The molecular weight excluding hydrogens is 375 g/mol. The van der Waals surface area contributed by atoms with Gasteiger partial charge in [0, 0.05) is 4.47 Å². The predicted molar refractivity (Wildman–Crippen MR) is 90.6 cm³/mol. The van der Waals surface area contributed by atoms with Gasteiger partial charge >= 0.3 is 0 Å². The Kier molecular flexibility index (Phi) is 5.94. The first-order valence-corrected chi connectivity index (χ1v) is 7.99. The lowest BCUT2D eigenvalue weighted by Crippen LogP contribution is -2.14. The summed E-state index contributed by atoms with van der Waals surface area (Å²) < 4.78 is 6.16. The van der Waals surface area contributed by atoms with Crippen LogP contribution in [0.25, 0.3) is 0 Å². The van der Waals surface area contributed by atoms with Crippen LogP contribution in [0.4, 0.5) is 0 Å². The summed E-state index contributed by atoms with van der Waals surface area (Å²) >= 11 is 15.4. The van der Waals surface area contributed by atoms with E-state index >= 15 is 0 Å². The normalized spacial score (nSPS) is 12.2. The zero-order valence-electron chi connectivity index (χ0n) is 11.4. The molecule has 0 fully saturated rings. The van der Waals surface area contributed by atoms with Crippen LogP contribution < -0.4 is 4.74 Å². The van der Waals surface area contributed by atoms with E-state index in [1.54, 1.807) is 19.2 Å². The van der Waals surface area contributed by atoms with Crippen molar-refractivity contribution in [3.05, 3.63) is 62.0 Å². The SMILES string of the molecule is COc1ccc(Br)c(CC(O)Cc2ccc(Cl)c(Cl)c2)c1. The number of aliphatic hydroxyl groups is 1. The van der Waals surface area contributed by atoms with Crippen LogP contribution in [0.5, 0.6) is 5.75 Å². The molecule has 0 spiro atoms. The van der Waals surface area contributed by atoms with E-state index in [1.807, 2.05) is 24.3 Å². The van der Waals surface area contributed by atoms with Crippen molar-refractivity contribution in [2.45, 2.75) is 18.9 Å². The number of hydrogen-bond acceptors (Lipinski definition) is 2. The van der Waals surface area contributed by atoms with Gasteiger partial charge in [-0.3, -0.25) is 0 Å². The van der Waals surface area contributed by atoms with E-state index in [4.69, 9.17) is 27.9 Å². The van der Waals surface area contributed by atoms with Gasteiger partial charge in [0.25, 0.3) is 0 Å². The molecule has 0 aromatic heterocycles. The zero-order chi connectivity index (χ0) is 15.4. The molecule has 0 aliphatic heterocycles. The largest absolute Gasteiger partial charge is 0.497 e. The molecule has 2 aromatic rings. The molecule has 2 aromatic carbocycles. The summed E-state index contributed by atoms with van der Waals surface area (Å²) in [7, 11) is 1.62. The van der Waals surface area contributed by atoms with E-state index in [0.717, 1.165) is 21.3 Å². The molecule has 0 bridgehead atoms. The van der Waals surface area contributed by atoms with Crippen LogP contribution in [0.1, 0.15) is 11.1 Å². The highest BCUT2D eigenvalue weighted by Gasteiger charge is 2.11. The molecular formula is C16H15BrCl2O2. The molecule has 0 amide bonds. The number of methoxy groups -OCH3 is 1. The third-order valence-corrected chi connectivity index (χ3v) is 4.68. The Hall–Kier alpha value is -0.740. The highest BCUT2D eigenvalue weighted by molar-refractivity contribution is 9.10. The van der Waals surface area contributed by atoms with Crippen LogP contribution in [-0.4, -0.2) is 18.3 Å². The van der Waals surface area contributed by atoms with Crippen molar-refractivity contribution in [1.82, 2.24) is 0 Å². The lowest BCUT2D eigenvalue weighted by molar-refractivity contribution is 0.175. The van der Waals surface area contributed by atoms with E-state index in [0.29, 0.717) is 22.9 Å². The molecule has 2 nitrogen and oxygen atoms in total. The maximum absolute atomic E-state index is 10.3. The second-order valence-corrected chi connectivity index (χ2v) is 6.44. The summed E-state index contributed by atoms with van der Waals surface area (Å²) in [4.78, 5) is 0. The topological polar surface area (TPSA) is 29.5 Å². The first-order valence-electron chi connectivity index (χ1n) is 6.44. The number of aliphatic hydroxyl groups excluding tert-OH is 1. The minimum atomic E-state index is -0.509. The molecule has 0 aliphatic carbocycles. The second-order valence-electron chi connectivity index (χ2n) is 4.77. The highest BCUT2D eigenvalue weighted by Crippen LogP contribution is 2.26. The average Bonchev–Trinajstić information content (AvgIpc) is 2.45. The fourth-order valence-electron chi connectivity index (χ4n) is 2.10. The Balaban J connectivity index is 2.07. The molecule has 1 atom stereocenters. The second kappa shape index (κ2) is 7.50. The van der Waals surface area contributed by atoms with E-state index in [-0.39, 0.29) is 0 Å². The summed E-state index contributed by atoms with van der Waals surface area (Å²) in [5.74, 6) is 0.773. The summed E-state index contributed by atoms with van der Waals surface area (Å²) in [6, 6.07) is 11.1. The van der Waals surface area contributed by atoms with Gasteiger partial charge in [-0.15, -0.1) is 0 Å². The number of halogens is 3. The Morgan fingerprint density at radius 3 is 2.52 bits per heavy atom. The van der Waals surface area contributed by atoms with Gasteiger partial charge in [0.1, 0.15) is 5.75 Å². The van der Waals surface area contributed by atoms with Crippen LogP contribution in [-0.2, 0) is 12.8 Å². The Labute approximate surface area is 142 Å². The molecule has 1 N–H and O–H groups in total. The molecule has 112 valence electrons. The van der Waals surface area contributed by atoms with Gasteiger partial charge in [-0.25, -0.2) is 0 Å². The molecule has 1 unspecified atom stereocenters. The van der Waals surface area contributed by atoms with Crippen LogP contribution in [0.3, 0.4) is 0 Å². The van der Waals surface area contributed by atoms with Gasteiger partial charge in [0.15, 0.2) is 0 Å². The molecule has 0 saturated heterocycles. The van der Waals surface area contributed by atoms with Crippen LogP contribution in [0.2, 0.25) is 10.0 Å². The van der Waals surface area contributed by atoms with Crippen molar-refractivity contribution in [2.75, 3.05) is 7.11 Å². The van der Waals surface area contributed by atoms with E-state index in [1.165, 1.54) is 0 Å². The molecule has 0 radical (unpaired) electrons. The average molecular weight is 390 g/mol. The first-order chi connectivity index (χ1) is 9.99. The third-order valence-electron chi connectivity index (χ3n) is 3.16. The van der Waals surface area contributed by atoms with Crippen molar-refractivity contribution in [1.29, 1.82) is 0 Å². The smallest absolute Gasteiger partial charge is 0.119 e. The van der Waals surface area contributed by atoms with Crippen molar-refractivity contribution in [2.24, 2.45) is 0 Å². The monoisotopic (exact) mass is 388 g/mol. The highest BCUT2D eigenvalue weighted by atomic mass is 79.9. The Morgan fingerprint density at radius 2 is 1.86 bits per heavy atom. The number of ether oxygens (including phenoxy) is 1. The third kappa shape index (κ3) is 4.62. The van der Waals surface area contributed by atoms with Gasteiger partial charge < -0.3 is 9.84 Å². The van der Waals surface area contributed by atoms with Crippen LogP contribution in [0.15, 0.2) is 40.9 Å². The zero-order valence-corrected chi connectivity index (χ0v) is 14.5.